The molecule has 0 saturated carbocycles. The molecule has 0 spiro atoms. The fourth-order valence-electron chi connectivity index (χ4n) is 1.63. The first-order valence-electron chi connectivity index (χ1n) is 5.15. The van der Waals surface area contributed by atoms with Gasteiger partial charge in [0, 0.05) is 5.75 Å². The normalized spacial score (nSPS) is 21.5. The SMILES string of the molecule is Clc1cnc(SC[C@H]2CCCNC2)nc1. The second-order valence-electron chi connectivity index (χ2n) is 3.71. The van der Waals surface area contributed by atoms with Crippen molar-refractivity contribution in [2.24, 2.45) is 5.92 Å². The van der Waals surface area contributed by atoms with E-state index in [9.17, 15) is 0 Å². The highest BCUT2D eigenvalue weighted by Gasteiger charge is 2.13. The Balaban J connectivity index is 1.79. The largest absolute Gasteiger partial charge is 0.316 e. The van der Waals surface area contributed by atoms with Crippen molar-refractivity contribution in [1.82, 2.24) is 15.3 Å². The van der Waals surface area contributed by atoms with Crippen molar-refractivity contribution < 1.29 is 0 Å². The molecule has 1 aliphatic heterocycles. The summed E-state index contributed by atoms with van der Waals surface area (Å²) in [4.78, 5) is 8.32. The van der Waals surface area contributed by atoms with Crippen LogP contribution in [-0.2, 0) is 0 Å². The summed E-state index contributed by atoms with van der Waals surface area (Å²) in [7, 11) is 0. The fraction of sp³-hybridized carbons (Fsp3) is 0.600. The van der Waals surface area contributed by atoms with E-state index in [4.69, 9.17) is 11.6 Å². The van der Waals surface area contributed by atoms with Crippen LogP contribution in [0.5, 0.6) is 0 Å². The predicted octanol–water partition coefficient (Wildman–Crippen LogP) is 2.22. The summed E-state index contributed by atoms with van der Waals surface area (Å²) in [5.41, 5.74) is 0. The number of piperidine rings is 1. The minimum Gasteiger partial charge on any atom is -0.316 e. The molecular weight excluding hydrogens is 230 g/mol. The molecule has 5 heteroatoms. The van der Waals surface area contributed by atoms with Gasteiger partial charge in [-0.25, -0.2) is 9.97 Å². The first-order valence-corrected chi connectivity index (χ1v) is 6.52. The molecule has 3 nitrogen and oxygen atoms in total. The number of hydrogen-bond donors (Lipinski definition) is 1. The first-order chi connectivity index (χ1) is 7.34. The number of halogens is 1. The van der Waals surface area contributed by atoms with Crippen molar-refractivity contribution in [3.63, 3.8) is 0 Å². The van der Waals surface area contributed by atoms with Crippen LogP contribution in [0.3, 0.4) is 0 Å². The van der Waals surface area contributed by atoms with Crippen molar-refractivity contribution in [3.8, 4) is 0 Å². The number of aromatic nitrogens is 2. The summed E-state index contributed by atoms with van der Waals surface area (Å²) < 4.78 is 0. The van der Waals surface area contributed by atoms with E-state index in [0.29, 0.717) is 5.02 Å². The van der Waals surface area contributed by atoms with Gasteiger partial charge in [0.05, 0.1) is 17.4 Å². The molecule has 0 radical (unpaired) electrons. The Morgan fingerprint density at radius 3 is 2.93 bits per heavy atom. The van der Waals surface area contributed by atoms with E-state index in [-0.39, 0.29) is 0 Å². The molecule has 1 N–H and O–H groups in total. The number of nitrogens with one attached hydrogen (secondary N) is 1. The molecule has 0 unspecified atom stereocenters. The van der Waals surface area contributed by atoms with Crippen molar-refractivity contribution in [1.29, 1.82) is 0 Å². The smallest absolute Gasteiger partial charge is 0.187 e. The lowest BCUT2D eigenvalue weighted by atomic mass is 10.0. The topological polar surface area (TPSA) is 37.8 Å². The Hall–Kier alpha value is -0.320. The van der Waals surface area contributed by atoms with Gasteiger partial charge in [0.15, 0.2) is 5.16 Å². The zero-order chi connectivity index (χ0) is 10.5. The van der Waals surface area contributed by atoms with Gasteiger partial charge in [-0.2, -0.15) is 0 Å². The van der Waals surface area contributed by atoms with Gasteiger partial charge < -0.3 is 5.32 Å². The van der Waals surface area contributed by atoms with E-state index < -0.39 is 0 Å². The Morgan fingerprint density at radius 1 is 1.47 bits per heavy atom. The van der Waals surface area contributed by atoms with Crippen molar-refractivity contribution in [3.05, 3.63) is 17.4 Å². The Kier molecular flexibility index (Phi) is 4.23. The van der Waals surface area contributed by atoms with Gasteiger partial charge in [-0.3, -0.25) is 0 Å². The third-order valence-electron chi connectivity index (χ3n) is 2.44. The van der Waals surface area contributed by atoms with Crippen LogP contribution in [0.1, 0.15) is 12.8 Å². The molecule has 1 fully saturated rings. The lowest BCUT2D eigenvalue weighted by Crippen LogP contribution is -2.30. The second kappa shape index (κ2) is 5.68. The summed E-state index contributed by atoms with van der Waals surface area (Å²) in [6.07, 6.45) is 5.90. The summed E-state index contributed by atoms with van der Waals surface area (Å²) in [6, 6.07) is 0. The van der Waals surface area contributed by atoms with Gasteiger partial charge in [0.1, 0.15) is 0 Å². The molecule has 1 saturated heterocycles. The molecule has 1 aromatic rings. The van der Waals surface area contributed by atoms with Crippen LogP contribution >= 0.6 is 23.4 Å². The third-order valence-corrected chi connectivity index (χ3v) is 3.75. The number of thioether (sulfide) groups is 1. The van der Waals surface area contributed by atoms with Gasteiger partial charge in [-0.1, -0.05) is 23.4 Å². The van der Waals surface area contributed by atoms with Gasteiger partial charge >= 0.3 is 0 Å². The molecule has 82 valence electrons. The number of nitrogens with zero attached hydrogens (tertiary/aromatic N) is 2. The van der Waals surface area contributed by atoms with Crippen LogP contribution in [0.2, 0.25) is 5.02 Å². The average Bonchev–Trinajstić information content (AvgIpc) is 2.30. The van der Waals surface area contributed by atoms with Crippen LogP contribution < -0.4 is 5.32 Å². The minimum atomic E-state index is 0.596. The van der Waals surface area contributed by atoms with E-state index in [1.807, 2.05) is 0 Å². The maximum Gasteiger partial charge on any atom is 0.187 e. The second-order valence-corrected chi connectivity index (χ2v) is 5.13. The highest BCUT2D eigenvalue weighted by Crippen LogP contribution is 2.21. The quantitative estimate of drug-likeness (QED) is 0.653. The molecule has 0 amide bonds. The van der Waals surface area contributed by atoms with E-state index in [1.54, 1.807) is 24.2 Å². The molecule has 2 heterocycles. The highest BCUT2D eigenvalue weighted by atomic mass is 35.5. The average molecular weight is 244 g/mol. The molecule has 0 aromatic carbocycles. The zero-order valence-electron chi connectivity index (χ0n) is 8.45. The third kappa shape index (κ3) is 3.63. The number of hydrogen-bond acceptors (Lipinski definition) is 4. The van der Waals surface area contributed by atoms with E-state index in [0.717, 1.165) is 23.4 Å². The van der Waals surface area contributed by atoms with Crippen LogP contribution in [0.25, 0.3) is 0 Å². The Labute approximate surface area is 99.0 Å². The van der Waals surface area contributed by atoms with Crippen molar-refractivity contribution in [2.75, 3.05) is 18.8 Å². The van der Waals surface area contributed by atoms with Gasteiger partial charge in [-0.05, 0) is 31.8 Å². The predicted molar refractivity (Wildman–Crippen MR) is 63.4 cm³/mol. The van der Waals surface area contributed by atoms with E-state index in [1.165, 1.54) is 19.4 Å². The molecule has 15 heavy (non-hydrogen) atoms. The minimum absolute atomic E-state index is 0.596. The molecule has 1 aromatic heterocycles. The molecule has 1 aliphatic rings. The number of rotatable bonds is 3. The summed E-state index contributed by atoms with van der Waals surface area (Å²) in [5.74, 6) is 1.84. The molecule has 1 atom stereocenters. The lowest BCUT2D eigenvalue weighted by molar-refractivity contribution is 0.410. The molecular formula is C10H14ClN3S. The summed E-state index contributed by atoms with van der Waals surface area (Å²) in [6.45, 7) is 2.29. The Bertz CT molecular complexity index is 298. The lowest BCUT2D eigenvalue weighted by Gasteiger charge is -2.21. The highest BCUT2D eigenvalue weighted by molar-refractivity contribution is 7.99. The van der Waals surface area contributed by atoms with Crippen LogP contribution in [0.15, 0.2) is 17.6 Å². The first kappa shape index (κ1) is 11.2. The molecule has 0 bridgehead atoms. The van der Waals surface area contributed by atoms with Gasteiger partial charge in [0.2, 0.25) is 0 Å². The standard InChI is InChI=1S/C10H14ClN3S/c11-9-5-13-10(14-6-9)15-7-8-2-1-3-12-4-8/h5-6,8,12H,1-4,7H2/t8-/m0/s1. The van der Waals surface area contributed by atoms with E-state index in [2.05, 4.69) is 15.3 Å². The fourth-order valence-corrected chi connectivity index (χ4v) is 2.65. The molecule has 0 aliphatic carbocycles. The van der Waals surface area contributed by atoms with Crippen LogP contribution in [0, 0.1) is 5.92 Å². The van der Waals surface area contributed by atoms with E-state index >= 15 is 0 Å². The maximum absolute atomic E-state index is 5.72. The summed E-state index contributed by atoms with van der Waals surface area (Å²) in [5, 5.41) is 4.83. The van der Waals surface area contributed by atoms with Crippen molar-refractivity contribution >= 4 is 23.4 Å². The Morgan fingerprint density at radius 2 is 2.27 bits per heavy atom. The van der Waals surface area contributed by atoms with Gasteiger partial charge in [0.25, 0.3) is 0 Å². The van der Waals surface area contributed by atoms with Gasteiger partial charge in [-0.15, -0.1) is 0 Å². The monoisotopic (exact) mass is 243 g/mol. The molecule has 2 rings (SSSR count). The van der Waals surface area contributed by atoms with Crippen LogP contribution in [0.4, 0.5) is 0 Å². The van der Waals surface area contributed by atoms with Crippen molar-refractivity contribution in [2.45, 2.75) is 18.0 Å². The summed E-state index contributed by atoms with van der Waals surface area (Å²) >= 11 is 7.43. The van der Waals surface area contributed by atoms with Crippen LogP contribution in [-0.4, -0.2) is 28.8 Å². The maximum atomic E-state index is 5.72. The zero-order valence-corrected chi connectivity index (χ0v) is 10.0.